The Morgan fingerprint density at radius 2 is 2.05 bits per heavy atom. The van der Waals surface area contributed by atoms with E-state index in [4.69, 9.17) is 0 Å². The normalized spacial score (nSPS) is 11.3. The number of halogens is 3. The minimum Gasteiger partial charge on any atom is -0.423 e. The molecule has 5 nitrogen and oxygen atoms in total. The van der Waals surface area contributed by atoms with Gasteiger partial charge in [0.2, 0.25) is 6.20 Å². The third kappa shape index (κ3) is 4.23. The molecule has 0 unspecified atom stereocenters. The highest BCUT2D eigenvalue weighted by atomic mass is 19.4. The van der Waals surface area contributed by atoms with Gasteiger partial charge in [0.25, 0.3) is 0 Å². The average molecular weight is 287 g/mol. The fourth-order valence-corrected chi connectivity index (χ4v) is 1.23. The molecule has 0 radical (unpaired) electrons. The van der Waals surface area contributed by atoms with Crippen LogP contribution in [-0.4, -0.2) is 10.9 Å². The molecule has 106 valence electrons. The Morgan fingerprint density at radius 3 is 2.55 bits per heavy atom. The number of alkyl halides is 3. The maximum Gasteiger partial charge on any atom is 0.416 e. The van der Waals surface area contributed by atoms with Gasteiger partial charge in [0, 0.05) is 17.7 Å². The molecule has 20 heavy (non-hydrogen) atoms. The number of carbonyl (C=O) groups is 1. The summed E-state index contributed by atoms with van der Waals surface area (Å²) in [5, 5.41) is 10.2. The fourth-order valence-electron chi connectivity index (χ4n) is 1.23. The van der Waals surface area contributed by atoms with Crippen LogP contribution in [0.15, 0.2) is 37.1 Å². The summed E-state index contributed by atoms with van der Waals surface area (Å²) in [6.07, 6.45) is -2.42. The summed E-state index contributed by atoms with van der Waals surface area (Å²) in [7, 11) is 0. The van der Waals surface area contributed by atoms with Crippen molar-refractivity contribution in [3.63, 3.8) is 0 Å². The van der Waals surface area contributed by atoms with Gasteiger partial charge in [0.1, 0.15) is 5.75 Å². The molecule has 0 saturated carbocycles. The van der Waals surface area contributed by atoms with Crippen molar-refractivity contribution < 1.29 is 27.6 Å². The minimum atomic E-state index is -4.62. The van der Waals surface area contributed by atoms with Crippen molar-refractivity contribution in [2.75, 3.05) is 0 Å². The van der Waals surface area contributed by atoms with E-state index in [1.54, 1.807) is 0 Å². The van der Waals surface area contributed by atoms with Crippen molar-refractivity contribution in [3.8, 4) is 5.75 Å². The Kier molecular flexibility index (Phi) is 4.63. The lowest BCUT2D eigenvalue weighted by atomic mass is 10.1. The van der Waals surface area contributed by atoms with Gasteiger partial charge >= 0.3 is 12.1 Å². The first-order valence-corrected chi connectivity index (χ1v) is 5.11. The summed E-state index contributed by atoms with van der Waals surface area (Å²) in [5.74, 6) is -1.41. The third-order valence-electron chi connectivity index (χ3n) is 2.09. The van der Waals surface area contributed by atoms with Crippen molar-refractivity contribution in [1.82, 2.24) is 0 Å². The van der Waals surface area contributed by atoms with Crippen LogP contribution in [0.1, 0.15) is 11.1 Å². The van der Waals surface area contributed by atoms with Crippen molar-refractivity contribution in [3.05, 3.63) is 58.3 Å². The molecule has 0 aromatic heterocycles. The van der Waals surface area contributed by atoms with Crippen LogP contribution in [0.25, 0.3) is 6.08 Å². The molecule has 0 aliphatic rings. The number of benzene rings is 1. The molecule has 8 heteroatoms. The molecule has 0 spiro atoms. The first kappa shape index (κ1) is 15.4. The molecule has 0 aliphatic carbocycles. The first-order chi connectivity index (χ1) is 9.24. The first-order valence-electron chi connectivity index (χ1n) is 5.11. The molecule has 0 aliphatic heterocycles. The lowest BCUT2D eigenvalue weighted by molar-refractivity contribution is -0.400. The van der Waals surface area contributed by atoms with E-state index >= 15 is 0 Å². The summed E-state index contributed by atoms with van der Waals surface area (Å²) in [5.41, 5.74) is -1.08. The maximum absolute atomic E-state index is 12.5. The van der Waals surface area contributed by atoms with Crippen molar-refractivity contribution in [1.29, 1.82) is 0 Å². The zero-order valence-corrected chi connectivity index (χ0v) is 9.89. The van der Waals surface area contributed by atoms with E-state index in [1.807, 2.05) is 0 Å². The highest BCUT2D eigenvalue weighted by Crippen LogP contribution is 2.33. The number of esters is 1. The second kappa shape index (κ2) is 6.00. The summed E-state index contributed by atoms with van der Waals surface area (Å²) in [6.45, 7) is 3.11. The van der Waals surface area contributed by atoms with Gasteiger partial charge in [-0.25, -0.2) is 4.79 Å². The van der Waals surface area contributed by atoms with E-state index in [1.165, 1.54) is 0 Å². The average Bonchev–Trinajstić information content (AvgIpc) is 2.35. The van der Waals surface area contributed by atoms with Gasteiger partial charge in [0.05, 0.1) is 10.5 Å². The predicted octanol–water partition coefficient (Wildman–Crippen LogP) is 3.04. The summed E-state index contributed by atoms with van der Waals surface area (Å²) < 4.78 is 42.3. The molecule has 0 N–H and O–H groups in total. The zero-order valence-electron chi connectivity index (χ0n) is 9.89. The Bertz CT molecular complexity index is 579. The van der Waals surface area contributed by atoms with Gasteiger partial charge in [-0.15, -0.1) is 0 Å². The van der Waals surface area contributed by atoms with Gasteiger partial charge in [-0.1, -0.05) is 12.6 Å². The molecule has 1 rings (SSSR count). The Labute approximate surface area is 111 Å². The number of ether oxygens (including phenoxy) is 1. The SMILES string of the molecule is C=CC(=O)Oc1cc(C(F)(F)F)ccc1C=C[N+](=O)[O-]. The molecule has 0 bridgehead atoms. The molecule has 0 saturated heterocycles. The van der Waals surface area contributed by atoms with Crippen molar-refractivity contribution in [2.45, 2.75) is 6.18 Å². The van der Waals surface area contributed by atoms with Crippen LogP contribution in [0.5, 0.6) is 5.75 Å². The monoisotopic (exact) mass is 287 g/mol. The number of hydrogen-bond acceptors (Lipinski definition) is 4. The molecular formula is C12H8F3NO4. The van der Waals surface area contributed by atoms with Crippen LogP contribution in [-0.2, 0) is 11.0 Å². The van der Waals surface area contributed by atoms with Crippen LogP contribution in [0.3, 0.4) is 0 Å². The van der Waals surface area contributed by atoms with Crippen LogP contribution >= 0.6 is 0 Å². The Balaban J connectivity index is 3.26. The third-order valence-corrected chi connectivity index (χ3v) is 2.09. The second-order valence-electron chi connectivity index (χ2n) is 3.48. The summed E-state index contributed by atoms with van der Waals surface area (Å²) >= 11 is 0. The molecule has 0 heterocycles. The topological polar surface area (TPSA) is 69.4 Å². The smallest absolute Gasteiger partial charge is 0.416 e. The van der Waals surface area contributed by atoms with Crippen molar-refractivity contribution >= 4 is 12.0 Å². The predicted molar refractivity (Wildman–Crippen MR) is 63.3 cm³/mol. The van der Waals surface area contributed by atoms with Crippen molar-refractivity contribution in [2.24, 2.45) is 0 Å². The maximum atomic E-state index is 12.5. The fraction of sp³-hybridized carbons (Fsp3) is 0.0833. The number of hydrogen-bond donors (Lipinski definition) is 0. The van der Waals surface area contributed by atoms with Gasteiger partial charge in [-0.3, -0.25) is 10.1 Å². The zero-order chi connectivity index (χ0) is 15.3. The van der Waals surface area contributed by atoms with E-state index < -0.39 is 28.4 Å². The summed E-state index contributed by atoms with van der Waals surface area (Å²) in [6, 6.07) is 2.28. The van der Waals surface area contributed by atoms with E-state index in [-0.39, 0.29) is 5.56 Å². The number of rotatable bonds is 4. The number of nitro groups is 1. The van der Waals surface area contributed by atoms with Crippen LogP contribution in [0, 0.1) is 10.1 Å². The van der Waals surface area contributed by atoms with Crippen LogP contribution in [0.4, 0.5) is 13.2 Å². The van der Waals surface area contributed by atoms with Gasteiger partial charge in [-0.05, 0) is 12.1 Å². The molecule has 1 aromatic carbocycles. The van der Waals surface area contributed by atoms with Gasteiger partial charge in [-0.2, -0.15) is 13.2 Å². The molecule has 0 amide bonds. The highest BCUT2D eigenvalue weighted by Gasteiger charge is 2.31. The van der Waals surface area contributed by atoms with Crippen LogP contribution < -0.4 is 4.74 Å². The molecule has 0 fully saturated rings. The summed E-state index contributed by atoms with van der Waals surface area (Å²) in [4.78, 5) is 20.5. The highest BCUT2D eigenvalue weighted by molar-refractivity contribution is 5.84. The standard InChI is InChI=1S/C12H8F3NO4/c1-2-11(17)20-10-7-9(12(13,14)15)4-3-8(10)5-6-16(18)19/h2-7H,1H2. The Morgan fingerprint density at radius 1 is 1.40 bits per heavy atom. The number of nitrogens with zero attached hydrogens (tertiary/aromatic N) is 1. The molecule has 0 atom stereocenters. The van der Waals surface area contributed by atoms with E-state index in [0.717, 1.165) is 24.3 Å². The van der Waals surface area contributed by atoms with E-state index in [9.17, 15) is 28.1 Å². The van der Waals surface area contributed by atoms with E-state index in [2.05, 4.69) is 11.3 Å². The largest absolute Gasteiger partial charge is 0.423 e. The lowest BCUT2D eigenvalue weighted by Gasteiger charge is -2.10. The lowest BCUT2D eigenvalue weighted by Crippen LogP contribution is -2.08. The van der Waals surface area contributed by atoms with E-state index in [0.29, 0.717) is 12.3 Å². The quantitative estimate of drug-likeness (QED) is 0.280. The minimum absolute atomic E-state index is 0.0371. The van der Waals surface area contributed by atoms with Crippen LogP contribution in [0.2, 0.25) is 0 Å². The molecular weight excluding hydrogens is 279 g/mol. The number of carbonyl (C=O) groups excluding carboxylic acids is 1. The van der Waals surface area contributed by atoms with Gasteiger partial charge in [0.15, 0.2) is 0 Å². The Hall–Kier alpha value is -2.64. The van der Waals surface area contributed by atoms with Gasteiger partial charge < -0.3 is 4.74 Å². The molecule has 1 aromatic rings. The second-order valence-corrected chi connectivity index (χ2v) is 3.48.